The summed E-state index contributed by atoms with van der Waals surface area (Å²) in [7, 11) is 0. The summed E-state index contributed by atoms with van der Waals surface area (Å²) in [5.41, 5.74) is 2.88. The molecule has 5 rings (SSSR count). The van der Waals surface area contributed by atoms with E-state index in [1.54, 1.807) is 0 Å². The average molecular weight is 429 g/mol. The Kier molecular flexibility index (Phi) is 4.80. The first-order valence-corrected chi connectivity index (χ1v) is 13.9. The molecule has 5 saturated carbocycles. The maximum Gasteiger partial charge on any atom is 0.0571 e. The van der Waals surface area contributed by atoms with Crippen molar-refractivity contribution < 1.29 is 5.11 Å². The van der Waals surface area contributed by atoms with Crippen molar-refractivity contribution in [2.75, 3.05) is 0 Å². The molecule has 5 aliphatic rings. The third-order valence-corrected chi connectivity index (χ3v) is 13.9. The summed E-state index contributed by atoms with van der Waals surface area (Å²) in [6, 6.07) is 0. The summed E-state index contributed by atoms with van der Waals surface area (Å²) in [5.74, 6) is 3.02. The van der Waals surface area contributed by atoms with Gasteiger partial charge in [0.05, 0.1) is 6.10 Å². The quantitative estimate of drug-likeness (QED) is 0.412. The molecule has 5 fully saturated rings. The van der Waals surface area contributed by atoms with Gasteiger partial charge in [-0.05, 0) is 127 Å². The van der Waals surface area contributed by atoms with Crippen molar-refractivity contribution in [3.8, 4) is 0 Å². The number of fused-ring (bicyclic) bond motifs is 7. The van der Waals surface area contributed by atoms with E-state index in [-0.39, 0.29) is 6.10 Å². The molecule has 0 aromatic heterocycles. The fourth-order valence-corrected chi connectivity index (χ4v) is 11.4. The van der Waals surface area contributed by atoms with Crippen LogP contribution < -0.4 is 0 Å². The monoisotopic (exact) mass is 428 g/mol. The second-order valence-corrected chi connectivity index (χ2v) is 15.5. The molecule has 0 aliphatic heterocycles. The Bertz CT molecular complexity index is 741. The molecule has 1 N–H and O–H groups in total. The molecule has 1 nitrogen and oxygen atoms in total. The smallest absolute Gasteiger partial charge is 0.0571 e. The van der Waals surface area contributed by atoms with Gasteiger partial charge in [-0.1, -0.05) is 55.4 Å². The molecule has 0 saturated heterocycles. The van der Waals surface area contributed by atoms with Gasteiger partial charge < -0.3 is 5.11 Å². The lowest BCUT2D eigenvalue weighted by Crippen LogP contribution is -2.67. The van der Waals surface area contributed by atoms with E-state index < -0.39 is 0 Å². The van der Waals surface area contributed by atoms with Crippen LogP contribution in [0.5, 0.6) is 0 Å². The van der Waals surface area contributed by atoms with Crippen LogP contribution in [0.3, 0.4) is 0 Å². The van der Waals surface area contributed by atoms with Gasteiger partial charge in [0.2, 0.25) is 0 Å². The normalized spacial score (nSPS) is 60.9. The molecule has 0 aromatic carbocycles. The van der Waals surface area contributed by atoms with Crippen LogP contribution >= 0.6 is 0 Å². The SMILES string of the molecule is C[C@@H]1[C@@H](O)CC[C@@H]2[C@]1(C)CC[C@H]1[C@]2(C)CC[C@@]2(C)[C@H]3CC(C)(C)CC[C@]3(C)CC[C@]12C. The van der Waals surface area contributed by atoms with Crippen molar-refractivity contribution in [1.82, 2.24) is 0 Å². The largest absolute Gasteiger partial charge is 0.393 e. The molecule has 0 unspecified atom stereocenters. The molecule has 178 valence electrons. The second kappa shape index (κ2) is 6.55. The zero-order valence-electron chi connectivity index (χ0n) is 22.1. The van der Waals surface area contributed by atoms with Gasteiger partial charge in [0.1, 0.15) is 0 Å². The van der Waals surface area contributed by atoms with Crippen molar-refractivity contribution in [2.45, 2.75) is 132 Å². The second-order valence-electron chi connectivity index (χ2n) is 15.5. The third-order valence-electron chi connectivity index (χ3n) is 13.9. The Morgan fingerprint density at radius 2 is 1.19 bits per heavy atom. The predicted octanol–water partition coefficient (Wildman–Crippen LogP) is 8.25. The number of hydrogen-bond donors (Lipinski definition) is 1. The molecule has 0 heterocycles. The summed E-state index contributed by atoms with van der Waals surface area (Å²) in [5, 5.41) is 10.7. The first kappa shape index (κ1) is 22.7. The fourth-order valence-electron chi connectivity index (χ4n) is 11.4. The summed E-state index contributed by atoms with van der Waals surface area (Å²) < 4.78 is 0. The van der Waals surface area contributed by atoms with Crippen LogP contribution in [0.2, 0.25) is 0 Å². The van der Waals surface area contributed by atoms with Gasteiger partial charge in [-0.2, -0.15) is 0 Å². The van der Waals surface area contributed by atoms with Gasteiger partial charge in [0, 0.05) is 0 Å². The minimum Gasteiger partial charge on any atom is -0.393 e. The highest BCUT2D eigenvalue weighted by molar-refractivity contribution is 5.19. The van der Waals surface area contributed by atoms with Crippen molar-refractivity contribution in [1.29, 1.82) is 0 Å². The lowest BCUT2D eigenvalue weighted by Gasteiger charge is -2.75. The van der Waals surface area contributed by atoms with E-state index in [0.29, 0.717) is 38.4 Å². The Morgan fingerprint density at radius 1 is 0.581 bits per heavy atom. The Labute approximate surface area is 193 Å². The molecule has 0 bridgehead atoms. The maximum atomic E-state index is 10.7. The standard InChI is InChI=1S/C30H52O/c1-20-21(31)9-10-22-27(20,5)12-11-23-28(22,6)16-18-30(8)24-19-25(2,3)13-14-26(24,4)15-17-29(23,30)7/h20-24,31H,9-19H2,1-8H3/t20-,21+,22-,23+,24+,26-,27-,28-,29-,30+/m1/s1. The lowest BCUT2D eigenvalue weighted by molar-refractivity contribution is -0.263. The minimum atomic E-state index is -0.0781. The predicted molar refractivity (Wildman–Crippen MR) is 131 cm³/mol. The number of rotatable bonds is 0. The molecule has 10 atom stereocenters. The fraction of sp³-hybridized carbons (Fsp3) is 1.00. The van der Waals surface area contributed by atoms with Crippen molar-refractivity contribution in [3.05, 3.63) is 0 Å². The van der Waals surface area contributed by atoms with Gasteiger partial charge in [-0.15, -0.1) is 0 Å². The minimum absolute atomic E-state index is 0.0781. The molecule has 5 aliphatic carbocycles. The van der Waals surface area contributed by atoms with Gasteiger partial charge in [-0.3, -0.25) is 0 Å². The van der Waals surface area contributed by atoms with E-state index in [9.17, 15) is 5.11 Å². The van der Waals surface area contributed by atoms with Gasteiger partial charge in [0.25, 0.3) is 0 Å². The van der Waals surface area contributed by atoms with E-state index >= 15 is 0 Å². The van der Waals surface area contributed by atoms with Crippen molar-refractivity contribution in [2.24, 2.45) is 56.2 Å². The van der Waals surface area contributed by atoms with Crippen molar-refractivity contribution >= 4 is 0 Å². The first-order chi connectivity index (χ1) is 14.2. The van der Waals surface area contributed by atoms with Gasteiger partial charge in [-0.25, -0.2) is 0 Å². The summed E-state index contributed by atoms with van der Waals surface area (Å²) in [4.78, 5) is 0. The molecule has 0 spiro atoms. The van der Waals surface area contributed by atoms with Crippen LogP contribution in [-0.4, -0.2) is 11.2 Å². The first-order valence-electron chi connectivity index (χ1n) is 13.9. The zero-order valence-corrected chi connectivity index (χ0v) is 22.1. The highest BCUT2D eigenvalue weighted by atomic mass is 16.3. The number of aliphatic hydroxyl groups is 1. The molecule has 0 aromatic rings. The summed E-state index contributed by atoms with van der Waals surface area (Å²) in [6.07, 6.45) is 15.1. The molecular formula is C30H52O. The van der Waals surface area contributed by atoms with E-state index in [2.05, 4.69) is 55.4 Å². The molecule has 31 heavy (non-hydrogen) atoms. The maximum absolute atomic E-state index is 10.7. The van der Waals surface area contributed by atoms with Crippen LogP contribution in [0.25, 0.3) is 0 Å². The van der Waals surface area contributed by atoms with Crippen LogP contribution in [0.1, 0.15) is 126 Å². The lowest BCUT2D eigenvalue weighted by atomic mass is 9.30. The summed E-state index contributed by atoms with van der Waals surface area (Å²) in [6.45, 7) is 20.9. The van der Waals surface area contributed by atoms with E-state index in [0.717, 1.165) is 24.2 Å². The van der Waals surface area contributed by atoms with Gasteiger partial charge >= 0.3 is 0 Å². The highest BCUT2D eigenvalue weighted by Crippen LogP contribution is 2.78. The van der Waals surface area contributed by atoms with E-state index in [4.69, 9.17) is 0 Å². The van der Waals surface area contributed by atoms with Crippen molar-refractivity contribution in [3.63, 3.8) is 0 Å². The molecular weight excluding hydrogens is 376 g/mol. The van der Waals surface area contributed by atoms with E-state index in [1.807, 2.05) is 0 Å². The van der Waals surface area contributed by atoms with Crippen LogP contribution in [-0.2, 0) is 0 Å². The van der Waals surface area contributed by atoms with Crippen LogP contribution in [0.15, 0.2) is 0 Å². The summed E-state index contributed by atoms with van der Waals surface area (Å²) >= 11 is 0. The van der Waals surface area contributed by atoms with Gasteiger partial charge in [0.15, 0.2) is 0 Å². The van der Waals surface area contributed by atoms with Crippen LogP contribution in [0, 0.1) is 56.2 Å². The van der Waals surface area contributed by atoms with Crippen LogP contribution in [0.4, 0.5) is 0 Å². The molecule has 0 amide bonds. The number of aliphatic hydroxyl groups excluding tert-OH is 1. The third kappa shape index (κ3) is 2.77. The number of hydrogen-bond acceptors (Lipinski definition) is 1. The van der Waals surface area contributed by atoms with E-state index in [1.165, 1.54) is 64.2 Å². The Hall–Kier alpha value is -0.0400. The zero-order chi connectivity index (χ0) is 22.7. The molecule has 1 heteroatoms. The highest BCUT2D eigenvalue weighted by Gasteiger charge is 2.70. The Morgan fingerprint density at radius 3 is 1.90 bits per heavy atom. The topological polar surface area (TPSA) is 20.2 Å². The average Bonchev–Trinajstić information content (AvgIpc) is 2.69. The Balaban J connectivity index is 1.54. The molecule has 0 radical (unpaired) electrons.